The van der Waals surface area contributed by atoms with E-state index in [1.807, 2.05) is 0 Å². The monoisotopic (exact) mass is 392 g/mol. The number of carbonyl (C=O) groups is 2. The maximum atomic E-state index is 12.2. The first-order valence-electron chi connectivity index (χ1n) is 7.03. The normalized spacial score (nSPS) is 10.5. The fraction of sp³-hybridized carbons (Fsp3) is 0. The molecule has 0 atom stereocenters. The first kappa shape index (κ1) is 17.6. The smallest absolute Gasteiger partial charge is 0.433 e. The van der Waals surface area contributed by atoms with Gasteiger partial charge < -0.3 is 14.8 Å². The molecule has 1 aromatic carbocycles. The second-order valence-corrected chi connectivity index (χ2v) is 6.33. The number of carboxylic acids is 1. The van der Waals surface area contributed by atoms with Crippen molar-refractivity contribution in [2.45, 2.75) is 0 Å². The molecule has 0 aliphatic rings. The van der Waals surface area contributed by atoms with Crippen molar-refractivity contribution in [2.75, 3.05) is 5.32 Å². The molecule has 132 valence electrons. The van der Waals surface area contributed by atoms with Gasteiger partial charge in [0.1, 0.15) is 10.5 Å². The highest BCUT2D eigenvalue weighted by atomic mass is 35.5. The lowest BCUT2D eigenvalue weighted by Gasteiger charge is -2.05. The maximum Gasteiger partial charge on any atom is 0.433 e. The van der Waals surface area contributed by atoms with Crippen LogP contribution in [0.5, 0.6) is 0 Å². The highest BCUT2D eigenvalue weighted by molar-refractivity contribution is 7.14. The van der Waals surface area contributed by atoms with Gasteiger partial charge in [0, 0.05) is 10.4 Å². The minimum Gasteiger partial charge on any atom is -0.478 e. The number of carbonyl (C=O) groups excluding carboxylic acids is 1. The first-order valence-corrected chi connectivity index (χ1v) is 8.29. The van der Waals surface area contributed by atoms with Gasteiger partial charge >= 0.3 is 11.9 Å². The first-order chi connectivity index (χ1) is 12.4. The Hall–Kier alpha value is -3.17. The average Bonchev–Trinajstić information content (AvgIpc) is 3.22. The van der Waals surface area contributed by atoms with Crippen LogP contribution in [0.4, 0.5) is 11.6 Å². The van der Waals surface area contributed by atoms with E-state index in [1.165, 1.54) is 5.38 Å². The van der Waals surface area contributed by atoms with E-state index in [-0.39, 0.29) is 17.0 Å². The number of halogens is 1. The standard InChI is InChI=1S/C16H9ClN2O6S/c17-9-3-1-8(2-4-9)14-13(16(21)22)10(7-26-14)18-15(20)11-5-6-12(25-11)19(23)24/h1-7H,(H,18,20)(H,21,22). The number of hydrogen-bond donors (Lipinski definition) is 2. The number of amides is 1. The lowest BCUT2D eigenvalue weighted by atomic mass is 10.1. The zero-order valence-electron chi connectivity index (χ0n) is 12.8. The fourth-order valence-electron chi connectivity index (χ4n) is 2.21. The summed E-state index contributed by atoms with van der Waals surface area (Å²) >= 11 is 6.97. The van der Waals surface area contributed by atoms with Crippen molar-refractivity contribution in [3.8, 4) is 10.4 Å². The van der Waals surface area contributed by atoms with Crippen molar-refractivity contribution in [2.24, 2.45) is 0 Å². The van der Waals surface area contributed by atoms with Crippen molar-refractivity contribution in [3.05, 3.63) is 68.2 Å². The van der Waals surface area contributed by atoms with Gasteiger partial charge in [0.25, 0.3) is 5.91 Å². The van der Waals surface area contributed by atoms with Gasteiger partial charge in [0.15, 0.2) is 5.76 Å². The highest BCUT2D eigenvalue weighted by Crippen LogP contribution is 2.36. The lowest BCUT2D eigenvalue weighted by molar-refractivity contribution is -0.402. The van der Waals surface area contributed by atoms with Crippen molar-refractivity contribution < 1.29 is 24.0 Å². The van der Waals surface area contributed by atoms with Gasteiger partial charge in [0.2, 0.25) is 0 Å². The number of aromatic carboxylic acids is 1. The number of hydrogen-bond acceptors (Lipinski definition) is 6. The van der Waals surface area contributed by atoms with Gasteiger partial charge in [0.05, 0.1) is 16.6 Å². The molecule has 0 spiro atoms. The molecular weight excluding hydrogens is 384 g/mol. The van der Waals surface area contributed by atoms with Crippen LogP contribution in [0, 0.1) is 10.1 Å². The molecule has 2 aromatic heterocycles. The Kier molecular flexibility index (Phi) is 4.74. The molecule has 8 nitrogen and oxygen atoms in total. The van der Waals surface area contributed by atoms with Gasteiger partial charge in [-0.3, -0.25) is 14.9 Å². The minimum absolute atomic E-state index is 0.0662. The number of nitrogens with one attached hydrogen (secondary N) is 1. The molecule has 10 heteroatoms. The van der Waals surface area contributed by atoms with Crippen LogP contribution in [0.25, 0.3) is 10.4 Å². The predicted molar refractivity (Wildman–Crippen MR) is 95.0 cm³/mol. The molecular formula is C16H9ClN2O6S. The summed E-state index contributed by atoms with van der Waals surface area (Å²) < 4.78 is 4.81. The van der Waals surface area contributed by atoms with E-state index in [0.717, 1.165) is 23.5 Å². The number of nitrogens with zero attached hydrogens (tertiary/aromatic N) is 1. The molecule has 3 aromatic rings. The Labute approximate surface area is 154 Å². The summed E-state index contributed by atoms with van der Waals surface area (Å²) in [6.45, 7) is 0. The van der Waals surface area contributed by atoms with Crippen LogP contribution >= 0.6 is 22.9 Å². The summed E-state index contributed by atoms with van der Waals surface area (Å²) in [6, 6.07) is 8.77. The Morgan fingerprint density at radius 1 is 1.19 bits per heavy atom. The predicted octanol–water partition coefficient (Wildman–Crippen LogP) is 4.52. The van der Waals surface area contributed by atoms with Gasteiger partial charge in [-0.2, -0.15) is 0 Å². The van der Waals surface area contributed by atoms with Crippen LogP contribution in [0.3, 0.4) is 0 Å². The number of thiophene rings is 1. The SMILES string of the molecule is O=C(Nc1csc(-c2ccc(Cl)cc2)c1C(=O)O)c1ccc([N+](=O)[O-])o1. The summed E-state index contributed by atoms with van der Waals surface area (Å²) in [5, 5.41) is 24.5. The Balaban J connectivity index is 1.92. The molecule has 2 N–H and O–H groups in total. The largest absolute Gasteiger partial charge is 0.478 e. The second-order valence-electron chi connectivity index (χ2n) is 5.01. The van der Waals surface area contributed by atoms with E-state index in [0.29, 0.717) is 15.5 Å². The van der Waals surface area contributed by atoms with Crippen molar-refractivity contribution in [1.29, 1.82) is 0 Å². The molecule has 0 unspecified atom stereocenters. The fourth-order valence-corrected chi connectivity index (χ4v) is 3.33. The highest BCUT2D eigenvalue weighted by Gasteiger charge is 2.23. The second kappa shape index (κ2) is 6.98. The quantitative estimate of drug-likeness (QED) is 0.486. The zero-order valence-corrected chi connectivity index (χ0v) is 14.3. The van der Waals surface area contributed by atoms with Crippen LogP contribution in [-0.2, 0) is 0 Å². The minimum atomic E-state index is -1.23. The number of carboxylic acid groups (broad SMARTS) is 1. The number of furan rings is 1. The third-order valence-corrected chi connectivity index (χ3v) is 4.64. The Bertz CT molecular complexity index is 1010. The molecule has 26 heavy (non-hydrogen) atoms. The molecule has 0 saturated carbocycles. The summed E-state index contributed by atoms with van der Waals surface area (Å²) in [6.07, 6.45) is 0. The Morgan fingerprint density at radius 3 is 2.46 bits per heavy atom. The molecule has 0 saturated heterocycles. The number of benzene rings is 1. The average molecular weight is 393 g/mol. The zero-order chi connectivity index (χ0) is 18.8. The summed E-state index contributed by atoms with van der Waals surface area (Å²) in [5.74, 6) is -2.90. The van der Waals surface area contributed by atoms with E-state index >= 15 is 0 Å². The lowest BCUT2D eigenvalue weighted by Crippen LogP contribution is -2.13. The van der Waals surface area contributed by atoms with E-state index in [9.17, 15) is 24.8 Å². The van der Waals surface area contributed by atoms with Gasteiger partial charge in [-0.15, -0.1) is 11.3 Å². The third-order valence-electron chi connectivity index (χ3n) is 3.36. The topological polar surface area (TPSA) is 123 Å². The molecule has 0 radical (unpaired) electrons. The molecule has 0 aliphatic carbocycles. The number of nitro groups is 1. The molecule has 3 rings (SSSR count). The van der Waals surface area contributed by atoms with Crippen LogP contribution in [0.1, 0.15) is 20.9 Å². The molecule has 0 bridgehead atoms. The van der Waals surface area contributed by atoms with Gasteiger partial charge in [-0.05, 0) is 23.8 Å². The third kappa shape index (κ3) is 3.44. The van der Waals surface area contributed by atoms with Crippen LogP contribution in [0.15, 0.2) is 46.2 Å². The van der Waals surface area contributed by atoms with E-state index in [4.69, 9.17) is 16.0 Å². The van der Waals surface area contributed by atoms with Gasteiger partial charge in [-0.25, -0.2) is 4.79 Å². The summed E-state index contributed by atoms with van der Waals surface area (Å²) in [4.78, 5) is 34.1. The Morgan fingerprint density at radius 2 is 1.88 bits per heavy atom. The van der Waals surface area contributed by atoms with Crippen LogP contribution < -0.4 is 5.32 Å². The van der Waals surface area contributed by atoms with Crippen LogP contribution in [0.2, 0.25) is 5.02 Å². The molecule has 0 fully saturated rings. The molecule has 1 amide bonds. The van der Waals surface area contributed by atoms with Crippen molar-refractivity contribution in [3.63, 3.8) is 0 Å². The van der Waals surface area contributed by atoms with Crippen molar-refractivity contribution in [1.82, 2.24) is 0 Å². The van der Waals surface area contributed by atoms with E-state index in [1.54, 1.807) is 24.3 Å². The molecule has 0 aliphatic heterocycles. The summed E-state index contributed by atoms with van der Waals surface area (Å²) in [5.41, 5.74) is 0.606. The number of rotatable bonds is 5. The number of anilines is 1. The van der Waals surface area contributed by atoms with Crippen LogP contribution in [-0.4, -0.2) is 21.9 Å². The van der Waals surface area contributed by atoms with E-state index < -0.39 is 22.7 Å². The maximum absolute atomic E-state index is 12.2. The molecule has 2 heterocycles. The summed E-state index contributed by atoms with van der Waals surface area (Å²) in [7, 11) is 0. The van der Waals surface area contributed by atoms with Crippen molar-refractivity contribution >= 4 is 46.4 Å². The van der Waals surface area contributed by atoms with E-state index in [2.05, 4.69) is 5.32 Å². The van der Waals surface area contributed by atoms with Gasteiger partial charge in [-0.1, -0.05) is 23.7 Å².